The maximum Gasteiger partial charge on any atom is 0.443 e. The molecule has 1 aromatic carbocycles. The van der Waals surface area contributed by atoms with E-state index in [0.717, 1.165) is 18.5 Å². The highest BCUT2D eigenvalue weighted by molar-refractivity contribution is 7.09. The molecule has 0 saturated carbocycles. The molecule has 1 aliphatic rings. The van der Waals surface area contributed by atoms with E-state index in [0.29, 0.717) is 30.2 Å². The molecule has 2 atom stereocenters. The molecule has 0 spiro atoms. The molecule has 2 heterocycles. The smallest absolute Gasteiger partial charge is 0.443 e. The first-order chi connectivity index (χ1) is 11.8. The zero-order chi connectivity index (χ0) is 18.0. The van der Waals surface area contributed by atoms with E-state index in [9.17, 15) is 18.3 Å². The van der Waals surface area contributed by atoms with Gasteiger partial charge < -0.3 is 9.84 Å². The van der Waals surface area contributed by atoms with Crippen molar-refractivity contribution in [1.82, 2.24) is 9.88 Å². The van der Waals surface area contributed by atoms with Crippen LogP contribution in [0.15, 0.2) is 29.6 Å². The van der Waals surface area contributed by atoms with Crippen LogP contribution in [0.3, 0.4) is 0 Å². The van der Waals surface area contributed by atoms with E-state index in [-0.39, 0.29) is 11.8 Å². The maximum absolute atomic E-state index is 12.7. The minimum absolute atomic E-state index is 0.205. The topological polar surface area (TPSA) is 45.6 Å². The van der Waals surface area contributed by atoms with Gasteiger partial charge in [0, 0.05) is 24.5 Å². The minimum atomic E-state index is -4.41. The van der Waals surface area contributed by atoms with Gasteiger partial charge in [-0.1, -0.05) is 12.1 Å². The van der Waals surface area contributed by atoms with Gasteiger partial charge in [-0.05, 0) is 31.0 Å². The molecular formula is C17H19F3N2O2S. The van der Waals surface area contributed by atoms with Gasteiger partial charge in [-0.25, -0.2) is 4.98 Å². The molecule has 3 rings (SSSR count). The standard InChI is InChI=1S/C17H19F3N2O2S/c1-11(8-12-2-4-13(23)5-3-12)22-6-7-24-15(9-22)14-10-25-16(21-14)17(18,19)20/h2-5,10-11,15,23H,6-9H2,1H3. The summed E-state index contributed by atoms with van der Waals surface area (Å²) in [6.07, 6.45) is -4.07. The van der Waals surface area contributed by atoms with Crippen molar-refractivity contribution in [2.75, 3.05) is 19.7 Å². The molecular weight excluding hydrogens is 353 g/mol. The average molecular weight is 372 g/mol. The third kappa shape index (κ3) is 4.50. The predicted octanol–water partition coefficient (Wildman–Crippen LogP) is 3.87. The summed E-state index contributed by atoms with van der Waals surface area (Å²) in [5.74, 6) is 0.229. The molecule has 1 aliphatic heterocycles. The van der Waals surface area contributed by atoms with Crippen LogP contribution in [0.2, 0.25) is 0 Å². The summed E-state index contributed by atoms with van der Waals surface area (Å²) in [4.78, 5) is 5.91. The van der Waals surface area contributed by atoms with Crippen molar-refractivity contribution < 1.29 is 23.0 Å². The van der Waals surface area contributed by atoms with Crippen molar-refractivity contribution in [3.05, 3.63) is 45.9 Å². The lowest BCUT2D eigenvalue weighted by Gasteiger charge is -2.36. The molecule has 8 heteroatoms. The summed E-state index contributed by atoms with van der Waals surface area (Å²) in [6, 6.07) is 7.26. The largest absolute Gasteiger partial charge is 0.508 e. The van der Waals surface area contributed by atoms with E-state index < -0.39 is 17.3 Å². The monoisotopic (exact) mass is 372 g/mol. The van der Waals surface area contributed by atoms with Crippen LogP contribution in [0.1, 0.15) is 29.3 Å². The number of phenolic OH excluding ortho intramolecular Hbond substituents is 1. The lowest BCUT2D eigenvalue weighted by atomic mass is 10.0. The Hall–Kier alpha value is -1.64. The Bertz CT molecular complexity index is 703. The number of nitrogens with zero attached hydrogens (tertiary/aromatic N) is 2. The van der Waals surface area contributed by atoms with Gasteiger partial charge in [0.05, 0.1) is 12.3 Å². The Balaban J connectivity index is 1.64. The Morgan fingerprint density at radius 1 is 1.36 bits per heavy atom. The molecule has 1 N–H and O–H groups in total. The molecule has 25 heavy (non-hydrogen) atoms. The SMILES string of the molecule is CC(Cc1ccc(O)cc1)N1CCOC(c2csc(C(F)(F)F)n2)C1. The number of morpholine rings is 1. The van der Waals surface area contributed by atoms with Crippen molar-refractivity contribution in [2.45, 2.75) is 31.7 Å². The second kappa shape index (κ2) is 7.31. The number of rotatable bonds is 4. The fourth-order valence-electron chi connectivity index (χ4n) is 2.91. The lowest BCUT2D eigenvalue weighted by Crippen LogP contribution is -2.44. The van der Waals surface area contributed by atoms with Gasteiger partial charge in [-0.15, -0.1) is 11.3 Å². The van der Waals surface area contributed by atoms with E-state index in [1.54, 1.807) is 12.1 Å². The van der Waals surface area contributed by atoms with Crippen LogP contribution < -0.4 is 0 Å². The Labute approximate surface area is 147 Å². The van der Waals surface area contributed by atoms with Crippen LogP contribution in [0.5, 0.6) is 5.75 Å². The van der Waals surface area contributed by atoms with Gasteiger partial charge in [0.2, 0.25) is 0 Å². The lowest BCUT2D eigenvalue weighted by molar-refractivity contribution is -0.138. The molecule has 1 aromatic heterocycles. The van der Waals surface area contributed by atoms with Gasteiger partial charge in [-0.2, -0.15) is 13.2 Å². The van der Waals surface area contributed by atoms with Crippen molar-refractivity contribution in [2.24, 2.45) is 0 Å². The summed E-state index contributed by atoms with van der Waals surface area (Å²) in [5.41, 5.74) is 1.44. The molecule has 2 unspecified atom stereocenters. The van der Waals surface area contributed by atoms with Crippen molar-refractivity contribution in [1.29, 1.82) is 0 Å². The number of alkyl halides is 3. The first kappa shape index (κ1) is 18.2. The van der Waals surface area contributed by atoms with Crippen molar-refractivity contribution in [3.8, 4) is 5.75 Å². The maximum atomic E-state index is 12.7. The first-order valence-electron chi connectivity index (χ1n) is 7.99. The zero-order valence-corrected chi connectivity index (χ0v) is 14.5. The third-order valence-corrected chi connectivity index (χ3v) is 5.19. The molecule has 4 nitrogen and oxygen atoms in total. The van der Waals surface area contributed by atoms with Gasteiger partial charge >= 0.3 is 6.18 Å². The van der Waals surface area contributed by atoms with Crippen LogP contribution in [0.25, 0.3) is 0 Å². The summed E-state index contributed by atoms with van der Waals surface area (Å²) >= 11 is 0.605. The Kier molecular flexibility index (Phi) is 5.31. The number of halogens is 3. The second-order valence-corrected chi connectivity index (χ2v) is 7.01. The van der Waals surface area contributed by atoms with Crippen LogP contribution in [-0.4, -0.2) is 40.7 Å². The highest BCUT2D eigenvalue weighted by atomic mass is 32.1. The fraction of sp³-hybridized carbons (Fsp3) is 0.471. The third-order valence-electron chi connectivity index (χ3n) is 4.28. The van der Waals surface area contributed by atoms with E-state index in [4.69, 9.17) is 4.74 Å². The van der Waals surface area contributed by atoms with Crippen LogP contribution in [0, 0.1) is 0 Å². The quantitative estimate of drug-likeness (QED) is 0.885. The van der Waals surface area contributed by atoms with Gasteiger partial charge in [-0.3, -0.25) is 4.90 Å². The number of ether oxygens (including phenoxy) is 1. The number of thiazole rings is 1. The summed E-state index contributed by atoms with van der Waals surface area (Å²) in [6.45, 7) is 3.78. The van der Waals surface area contributed by atoms with E-state index in [1.165, 1.54) is 5.38 Å². The molecule has 136 valence electrons. The molecule has 0 radical (unpaired) electrons. The number of benzene rings is 1. The fourth-order valence-corrected chi connectivity index (χ4v) is 3.64. The van der Waals surface area contributed by atoms with Crippen molar-refractivity contribution in [3.63, 3.8) is 0 Å². The summed E-state index contributed by atoms with van der Waals surface area (Å²) < 4.78 is 43.8. The average Bonchev–Trinajstić information content (AvgIpc) is 3.07. The van der Waals surface area contributed by atoms with E-state index in [2.05, 4.69) is 16.8 Å². The number of phenols is 1. The van der Waals surface area contributed by atoms with Crippen molar-refractivity contribution >= 4 is 11.3 Å². The molecule has 0 aliphatic carbocycles. The summed E-state index contributed by atoms with van der Waals surface area (Å²) in [5, 5.41) is 9.95. The molecule has 0 amide bonds. The second-order valence-electron chi connectivity index (χ2n) is 6.15. The molecule has 1 saturated heterocycles. The van der Waals surface area contributed by atoms with E-state index >= 15 is 0 Å². The van der Waals surface area contributed by atoms with Gasteiger partial charge in [0.1, 0.15) is 11.9 Å². The minimum Gasteiger partial charge on any atom is -0.508 e. The number of aromatic hydroxyl groups is 1. The van der Waals surface area contributed by atoms with Crippen LogP contribution in [-0.2, 0) is 17.3 Å². The van der Waals surface area contributed by atoms with Crippen LogP contribution in [0.4, 0.5) is 13.2 Å². The van der Waals surface area contributed by atoms with Gasteiger partial charge in [0.15, 0.2) is 5.01 Å². The number of hydrogen-bond acceptors (Lipinski definition) is 5. The molecule has 1 fully saturated rings. The highest BCUT2D eigenvalue weighted by Gasteiger charge is 2.36. The number of aromatic nitrogens is 1. The molecule has 0 bridgehead atoms. The Morgan fingerprint density at radius 2 is 2.08 bits per heavy atom. The normalized spacial score (nSPS) is 20.6. The van der Waals surface area contributed by atoms with Gasteiger partial charge in [0.25, 0.3) is 0 Å². The zero-order valence-electron chi connectivity index (χ0n) is 13.7. The molecule has 2 aromatic rings. The summed E-state index contributed by atoms with van der Waals surface area (Å²) in [7, 11) is 0. The van der Waals surface area contributed by atoms with Crippen LogP contribution >= 0.6 is 11.3 Å². The predicted molar refractivity (Wildman–Crippen MR) is 88.7 cm³/mol. The Morgan fingerprint density at radius 3 is 2.72 bits per heavy atom. The van der Waals surface area contributed by atoms with E-state index in [1.807, 2.05) is 12.1 Å². The number of hydrogen-bond donors (Lipinski definition) is 1. The highest BCUT2D eigenvalue weighted by Crippen LogP contribution is 2.34. The first-order valence-corrected chi connectivity index (χ1v) is 8.87.